The van der Waals surface area contributed by atoms with E-state index in [1.807, 2.05) is 12.2 Å². The number of allylic oxidation sites excluding steroid dienone is 5. The first-order valence-corrected chi connectivity index (χ1v) is 3.99. The molecule has 0 aromatic rings. The average molecular weight is 150 g/mol. The van der Waals surface area contributed by atoms with Crippen LogP contribution in [0.4, 0.5) is 0 Å². The Morgan fingerprint density at radius 2 is 2.45 bits per heavy atom. The minimum absolute atomic E-state index is 0.270. The first-order chi connectivity index (χ1) is 5.34. The molecule has 0 heterocycles. The van der Waals surface area contributed by atoms with Gasteiger partial charge in [-0.15, -0.1) is 6.58 Å². The Hall–Kier alpha value is -0.980. The summed E-state index contributed by atoms with van der Waals surface area (Å²) in [5.74, 6) is 0.793. The lowest BCUT2D eigenvalue weighted by Gasteiger charge is -2.09. The van der Waals surface area contributed by atoms with Crippen molar-refractivity contribution in [3.63, 3.8) is 0 Å². The first kappa shape index (κ1) is 8.12. The lowest BCUT2D eigenvalue weighted by atomic mass is 10.00. The highest BCUT2D eigenvalue weighted by Crippen LogP contribution is 2.21. The second-order valence-electron chi connectivity index (χ2n) is 2.79. The highest BCUT2D eigenvalue weighted by Gasteiger charge is 2.10. The van der Waals surface area contributed by atoms with Crippen LogP contribution in [0.5, 0.6) is 0 Å². The van der Waals surface area contributed by atoms with Crippen molar-refractivity contribution in [2.45, 2.75) is 19.3 Å². The van der Waals surface area contributed by atoms with Crippen molar-refractivity contribution in [2.24, 2.45) is 5.92 Å². The van der Waals surface area contributed by atoms with E-state index in [1.54, 1.807) is 0 Å². The van der Waals surface area contributed by atoms with Crippen LogP contribution in [0, 0.1) is 5.92 Å². The van der Waals surface area contributed by atoms with Crippen molar-refractivity contribution in [2.75, 3.05) is 0 Å². The second-order valence-corrected chi connectivity index (χ2v) is 2.79. The molecule has 0 amide bonds. The zero-order chi connectivity index (χ0) is 8.10. The summed E-state index contributed by atoms with van der Waals surface area (Å²) < 4.78 is 0. The molecule has 1 atom stereocenters. The molecular weight excluding hydrogens is 136 g/mol. The molecule has 0 saturated carbocycles. The lowest BCUT2D eigenvalue weighted by molar-refractivity contribution is 0.330. The van der Waals surface area contributed by atoms with Gasteiger partial charge in [-0.05, 0) is 25.3 Å². The van der Waals surface area contributed by atoms with Crippen molar-refractivity contribution in [3.8, 4) is 0 Å². The fourth-order valence-corrected chi connectivity index (χ4v) is 1.25. The normalized spacial score (nSPS) is 24.0. The maximum absolute atomic E-state index is 9.45. The molecule has 0 radical (unpaired) electrons. The minimum Gasteiger partial charge on any atom is -0.512 e. The van der Waals surface area contributed by atoms with Gasteiger partial charge in [-0.3, -0.25) is 0 Å². The van der Waals surface area contributed by atoms with Crippen molar-refractivity contribution in [1.82, 2.24) is 0 Å². The summed E-state index contributed by atoms with van der Waals surface area (Å²) in [6, 6.07) is 0. The smallest absolute Gasteiger partial charge is 0.0923 e. The van der Waals surface area contributed by atoms with Gasteiger partial charge in [0.25, 0.3) is 0 Å². The van der Waals surface area contributed by atoms with Gasteiger partial charge in [-0.25, -0.2) is 0 Å². The highest BCUT2D eigenvalue weighted by atomic mass is 16.3. The number of aliphatic hydroxyl groups excluding tert-OH is 1. The molecule has 1 nitrogen and oxygen atoms in total. The molecule has 1 N–H and O–H groups in total. The van der Waals surface area contributed by atoms with Gasteiger partial charge in [-0.2, -0.15) is 0 Å². The predicted octanol–water partition coefficient (Wildman–Crippen LogP) is 2.97. The molecule has 1 heteroatoms. The Morgan fingerprint density at radius 1 is 1.64 bits per heavy atom. The molecule has 60 valence electrons. The lowest BCUT2D eigenvalue weighted by Crippen LogP contribution is -2.00. The number of hydrogen-bond donors (Lipinski definition) is 1. The summed E-state index contributed by atoms with van der Waals surface area (Å²) in [5.41, 5.74) is 0. The summed E-state index contributed by atoms with van der Waals surface area (Å²) in [6.45, 7) is 3.66. The Bertz CT molecular complexity index is 189. The Labute approximate surface area is 67.7 Å². The molecule has 0 aromatic carbocycles. The predicted molar refractivity (Wildman–Crippen MR) is 47.4 cm³/mol. The fourth-order valence-electron chi connectivity index (χ4n) is 1.25. The molecule has 1 aliphatic carbocycles. The minimum atomic E-state index is 0.270. The van der Waals surface area contributed by atoms with Crippen LogP contribution in [0.2, 0.25) is 0 Å². The quantitative estimate of drug-likeness (QED) is 0.600. The van der Waals surface area contributed by atoms with E-state index in [-0.39, 0.29) is 5.92 Å². The summed E-state index contributed by atoms with van der Waals surface area (Å²) >= 11 is 0. The van der Waals surface area contributed by atoms with Gasteiger partial charge in [0.15, 0.2) is 0 Å². The molecule has 0 saturated heterocycles. The number of hydrogen-bond acceptors (Lipinski definition) is 1. The van der Waals surface area contributed by atoms with Crippen molar-refractivity contribution in [1.29, 1.82) is 0 Å². The third kappa shape index (κ3) is 2.26. The molecule has 1 unspecified atom stereocenters. The van der Waals surface area contributed by atoms with E-state index in [9.17, 15) is 5.11 Å². The van der Waals surface area contributed by atoms with Crippen molar-refractivity contribution >= 4 is 0 Å². The monoisotopic (exact) mass is 150 g/mol. The van der Waals surface area contributed by atoms with Crippen LogP contribution in [0.1, 0.15) is 19.3 Å². The Kier molecular flexibility index (Phi) is 2.96. The molecule has 0 spiro atoms. The third-order valence-corrected chi connectivity index (χ3v) is 1.92. The van der Waals surface area contributed by atoms with E-state index in [0.717, 1.165) is 19.3 Å². The maximum atomic E-state index is 9.45. The van der Waals surface area contributed by atoms with E-state index < -0.39 is 0 Å². The van der Waals surface area contributed by atoms with Gasteiger partial charge in [0.1, 0.15) is 0 Å². The van der Waals surface area contributed by atoms with Crippen LogP contribution in [-0.2, 0) is 0 Å². The zero-order valence-electron chi connectivity index (χ0n) is 6.66. The molecule has 1 rings (SSSR count). The largest absolute Gasteiger partial charge is 0.512 e. The average Bonchev–Trinajstić information content (AvgIpc) is 2.18. The fraction of sp³-hybridized carbons (Fsp3) is 0.400. The number of aliphatic hydroxyl groups is 1. The molecule has 0 bridgehead atoms. The second kappa shape index (κ2) is 4.02. The Balaban J connectivity index is 2.60. The molecule has 11 heavy (non-hydrogen) atoms. The first-order valence-electron chi connectivity index (χ1n) is 3.99. The van der Waals surface area contributed by atoms with E-state index in [1.165, 1.54) is 0 Å². The highest BCUT2D eigenvalue weighted by molar-refractivity contribution is 5.08. The van der Waals surface area contributed by atoms with E-state index >= 15 is 0 Å². The summed E-state index contributed by atoms with van der Waals surface area (Å²) in [6.07, 6.45) is 10.6. The summed E-state index contributed by atoms with van der Waals surface area (Å²) in [7, 11) is 0. The topological polar surface area (TPSA) is 20.2 Å². The molecule has 0 fully saturated rings. The molecule has 1 aliphatic rings. The molecule has 0 aromatic heterocycles. The summed E-state index contributed by atoms with van der Waals surface area (Å²) in [4.78, 5) is 0. The standard InChI is InChI=1S/C10H14O/c1-2-6-9-7-4-3-5-8-10(9)11/h2-4,8-9,11H,1,5-7H2. The van der Waals surface area contributed by atoms with Gasteiger partial charge < -0.3 is 5.11 Å². The van der Waals surface area contributed by atoms with E-state index in [2.05, 4.69) is 18.7 Å². The third-order valence-electron chi connectivity index (χ3n) is 1.92. The molecule has 0 aliphatic heterocycles. The molecular formula is C10H14O. The van der Waals surface area contributed by atoms with Crippen LogP contribution in [0.3, 0.4) is 0 Å². The SMILES string of the molecule is C=CCC1CC=CCC=C1O. The number of rotatable bonds is 2. The van der Waals surface area contributed by atoms with Crippen LogP contribution in [-0.4, -0.2) is 5.11 Å². The van der Waals surface area contributed by atoms with Gasteiger partial charge >= 0.3 is 0 Å². The zero-order valence-corrected chi connectivity index (χ0v) is 6.66. The maximum Gasteiger partial charge on any atom is 0.0923 e. The van der Waals surface area contributed by atoms with Gasteiger partial charge in [0.2, 0.25) is 0 Å². The van der Waals surface area contributed by atoms with Gasteiger partial charge in [-0.1, -0.05) is 18.2 Å². The van der Waals surface area contributed by atoms with Crippen molar-refractivity contribution < 1.29 is 5.11 Å². The van der Waals surface area contributed by atoms with Crippen LogP contribution in [0.15, 0.2) is 36.6 Å². The van der Waals surface area contributed by atoms with Crippen LogP contribution >= 0.6 is 0 Å². The van der Waals surface area contributed by atoms with E-state index in [0.29, 0.717) is 5.76 Å². The van der Waals surface area contributed by atoms with Crippen LogP contribution in [0.25, 0.3) is 0 Å². The van der Waals surface area contributed by atoms with Gasteiger partial charge in [0, 0.05) is 5.92 Å². The van der Waals surface area contributed by atoms with Gasteiger partial charge in [0.05, 0.1) is 5.76 Å². The Morgan fingerprint density at radius 3 is 3.18 bits per heavy atom. The summed E-state index contributed by atoms with van der Waals surface area (Å²) in [5, 5.41) is 9.45. The van der Waals surface area contributed by atoms with Crippen LogP contribution < -0.4 is 0 Å². The van der Waals surface area contributed by atoms with Crippen molar-refractivity contribution in [3.05, 3.63) is 36.6 Å². The van der Waals surface area contributed by atoms with E-state index in [4.69, 9.17) is 0 Å².